The van der Waals surface area contributed by atoms with Gasteiger partial charge in [0.25, 0.3) is 0 Å². The molecule has 3 heteroatoms. The fraction of sp³-hybridized carbons (Fsp3) is 0.312. The number of rotatable bonds is 6. The Morgan fingerprint density at radius 3 is 2.58 bits per heavy atom. The maximum absolute atomic E-state index is 4.45. The average Bonchev–Trinajstić information content (AvgIpc) is 2.44. The van der Waals surface area contributed by atoms with E-state index in [9.17, 15) is 0 Å². The lowest BCUT2D eigenvalue weighted by Gasteiger charge is -2.18. The van der Waals surface area contributed by atoms with Gasteiger partial charge in [-0.25, -0.2) is 4.98 Å². The molecule has 1 heterocycles. The molecule has 100 valence electrons. The minimum atomic E-state index is 0.395. The van der Waals surface area contributed by atoms with Crippen LogP contribution in [0.25, 0.3) is 0 Å². The Labute approximate surface area is 123 Å². The van der Waals surface area contributed by atoms with E-state index in [0.29, 0.717) is 6.04 Å². The number of halogens is 1. The highest BCUT2D eigenvalue weighted by Gasteiger charge is 2.09. The van der Waals surface area contributed by atoms with Crippen molar-refractivity contribution in [3.63, 3.8) is 0 Å². The molecule has 0 spiro atoms. The summed E-state index contributed by atoms with van der Waals surface area (Å²) < 4.78 is 0.888. The molecule has 0 aliphatic carbocycles. The van der Waals surface area contributed by atoms with E-state index in [4.69, 9.17) is 0 Å². The molecule has 0 bridgehead atoms. The first-order valence-corrected chi connectivity index (χ1v) is 7.48. The van der Waals surface area contributed by atoms with Crippen molar-refractivity contribution in [2.24, 2.45) is 0 Å². The lowest BCUT2D eigenvalue weighted by molar-refractivity contribution is 0.489. The van der Waals surface area contributed by atoms with Gasteiger partial charge in [0.15, 0.2) is 0 Å². The second-order valence-corrected chi connectivity index (χ2v) is 5.40. The standard InChI is InChI=1S/C16H19BrN2/c1-2-7-15(13-8-4-3-5-9-13)18-12-14-10-6-11-16(17)19-14/h3-6,8-11,15,18H,2,7,12H2,1H3. The highest BCUT2D eigenvalue weighted by molar-refractivity contribution is 9.10. The van der Waals surface area contributed by atoms with E-state index in [1.165, 1.54) is 12.0 Å². The Kier molecular flexibility index (Phi) is 5.55. The Bertz CT molecular complexity index is 499. The molecular formula is C16H19BrN2. The quantitative estimate of drug-likeness (QED) is 0.794. The number of hydrogen-bond acceptors (Lipinski definition) is 2. The lowest BCUT2D eigenvalue weighted by Crippen LogP contribution is -2.21. The molecule has 1 aromatic heterocycles. The van der Waals surface area contributed by atoms with Crippen molar-refractivity contribution in [2.75, 3.05) is 0 Å². The van der Waals surface area contributed by atoms with E-state index >= 15 is 0 Å². The van der Waals surface area contributed by atoms with Gasteiger partial charge in [0.2, 0.25) is 0 Å². The van der Waals surface area contributed by atoms with Crippen LogP contribution < -0.4 is 5.32 Å². The third kappa shape index (κ3) is 4.44. The first-order valence-electron chi connectivity index (χ1n) is 6.69. The SMILES string of the molecule is CCCC(NCc1cccc(Br)n1)c1ccccc1. The molecule has 0 saturated carbocycles. The normalized spacial score (nSPS) is 12.3. The number of aromatic nitrogens is 1. The monoisotopic (exact) mass is 318 g/mol. The third-order valence-electron chi connectivity index (χ3n) is 3.08. The minimum absolute atomic E-state index is 0.395. The van der Waals surface area contributed by atoms with Crippen LogP contribution in [0, 0.1) is 0 Å². The molecule has 1 aromatic carbocycles. The summed E-state index contributed by atoms with van der Waals surface area (Å²) in [5.74, 6) is 0. The van der Waals surface area contributed by atoms with Crippen molar-refractivity contribution < 1.29 is 0 Å². The smallest absolute Gasteiger partial charge is 0.106 e. The van der Waals surface area contributed by atoms with E-state index in [1.54, 1.807) is 0 Å². The number of benzene rings is 1. The van der Waals surface area contributed by atoms with Crippen LogP contribution >= 0.6 is 15.9 Å². The molecule has 0 fully saturated rings. The van der Waals surface area contributed by atoms with E-state index in [1.807, 2.05) is 18.2 Å². The van der Waals surface area contributed by atoms with Crippen LogP contribution in [0.15, 0.2) is 53.1 Å². The fourth-order valence-corrected chi connectivity index (χ4v) is 2.52. The Hall–Kier alpha value is -1.19. The molecule has 0 amide bonds. The van der Waals surface area contributed by atoms with Crippen LogP contribution in [0.3, 0.4) is 0 Å². The zero-order chi connectivity index (χ0) is 13.5. The van der Waals surface area contributed by atoms with Gasteiger partial charge in [-0.1, -0.05) is 49.7 Å². The predicted molar refractivity (Wildman–Crippen MR) is 82.9 cm³/mol. The molecule has 0 radical (unpaired) electrons. The summed E-state index contributed by atoms with van der Waals surface area (Å²) in [6, 6.07) is 17.0. The zero-order valence-corrected chi connectivity index (χ0v) is 12.7. The average molecular weight is 319 g/mol. The van der Waals surface area contributed by atoms with Crippen molar-refractivity contribution in [2.45, 2.75) is 32.4 Å². The molecule has 2 aromatic rings. The first-order chi connectivity index (χ1) is 9.29. The molecule has 0 saturated heterocycles. The molecule has 2 rings (SSSR count). The van der Waals surface area contributed by atoms with Crippen LogP contribution in [0.4, 0.5) is 0 Å². The maximum atomic E-state index is 4.45. The maximum Gasteiger partial charge on any atom is 0.106 e. The summed E-state index contributed by atoms with van der Waals surface area (Å²) in [5, 5.41) is 3.60. The molecule has 19 heavy (non-hydrogen) atoms. The summed E-state index contributed by atoms with van der Waals surface area (Å²) in [5.41, 5.74) is 2.41. The highest BCUT2D eigenvalue weighted by atomic mass is 79.9. The highest BCUT2D eigenvalue weighted by Crippen LogP contribution is 2.18. The largest absolute Gasteiger partial charge is 0.304 e. The second-order valence-electron chi connectivity index (χ2n) is 4.58. The number of nitrogens with one attached hydrogen (secondary N) is 1. The molecule has 1 unspecified atom stereocenters. The minimum Gasteiger partial charge on any atom is -0.304 e. The van der Waals surface area contributed by atoms with Gasteiger partial charge in [0.1, 0.15) is 4.60 Å². The van der Waals surface area contributed by atoms with Crippen LogP contribution in [0.2, 0.25) is 0 Å². The molecule has 0 aliphatic heterocycles. The van der Waals surface area contributed by atoms with Crippen molar-refractivity contribution in [3.05, 3.63) is 64.4 Å². The van der Waals surface area contributed by atoms with Crippen molar-refractivity contribution >= 4 is 15.9 Å². The molecule has 1 N–H and O–H groups in total. The number of pyridine rings is 1. The van der Waals surface area contributed by atoms with Gasteiger partial charge >= 0.3 is 0 Å². The van der Waals surface area contributed by atoms with E-state index in [2.05, 4.69) is 63.5 Å². The third-order valence-corrected chi connectivity index (χ3v) is 3.52. The van der Waals surface area contributed by atoms with Crippen molar-refractivity contribution in [3.8, 4) is 0 Å². The lowest BCUT2D eigenvalue weighted by atomic mass is 10.0. The number of nitrogens with zero attached hydrogens (tertiary/aromatic N) is 1. The van der Waals surface area contributed by atoms with E-state index in [0.717, 1.165) is 23.3 Å². The predicted octanol–water partition coefficient (Wildman–Crippen LogP) is 4.48. The van der Waals surface area contributed by atoms with E-state index < -0.39 is 0 Å². The van der Waals surface area contributed by atoms with Gasteiger partial charge in [0, 0.05) is 12.6 Å². The van der Waals surface area contributed by atoms with Gasteiger partial charge in [-0.2, -0.15) is 0 Å². The van der Waals surface area contributed by atoms with Gasteiger partial charge < -0.3 is 5.32 Å². The fourth-order valence-electron chi connectivity index (χ4n) is 2.14. The Morgan fingerprint density at radius 1 is 1.11 bits per heavy atom. The summed E-state index contributed by atoms with van der Waals surface area (Å²) in [6.07, 6.45) is 2.30. The van der Waals surface area contributed by atoms with Gasteiger partial charge in [-0.05, 0) is 40.0 Å². The summed E-state index contributed by atoms with van der Waals surface area (Å²) in [7, 11) is 0. The molecule has 1 atom stereocenters. The van der Waals surface area contributed by atoms with Crippen molar-refractivity contribution in [1.29, 1.82) is 0 Å². The van der Waals surface area contributed by atoms with Crippen LogP contribution in [-0.4, -0.2) is 4.98 Å². The Balaban J connectivity index is 2.01. The molecular weight excluding hydrogens is 300 g/mol. The molecule has 2 nitrogen and oxygen atoms in total. The van der Waals surface area contributed by atoms with Crippen LogP contribution in [0.1, 0.15) is 37.1 Å². The van der Waals surface area contributed by atoms with Crippen molar-refractivity contribution in [1.82, 2.24) is 10.3 Å². The second kappa shape index (κ2) is 7.41. The van der Waals surface area contributed by atoms with E-state index in [-0.39, 0.29) is 0 Å². The Morgan fingerprint density at radius 2 is 1.89 bits per heavy atom. The topological polar surface area (TPSA) is 24.9 Å². The summed E-state index contributed by atoms with van der Waals surface area (Å²) >= 11 is 3.41. The van der Waals surface area contributed by atoms with Crippen LogP contribution in [0.5, 0.6) is 0 Å². The van der Waals surface area contributed by atoms with Gasteiger partial charge in [-0.15, -0.1) is 0 Å². The molecule has 0 aliphatic rings. The number of hydrogen-bond donors (Lipinski definition) is 1. The zero-order valence-electron chi connectivity index (χ0n) is 11.1. The van der Waals surface area contributed by atoms with Crippen LogP contribution in [-0.2, 0) is 6.54 Å². The van der Waals surface area contributed by atoms with Gasteiger partial charge in [-0.3, -0.25) is 0 Å². The first kappa shape index (κ1) is 14.2. The summed E-state index contributed by atoms with van der Waals surface area (Å²) in [6.45, 7) is 3.01. The van der Waals surface area contributed by atoms with Gasteiger partial charge in [0.05, 0.1) is 5.69 Å². The summed E-state index contributed by atoms with van der Waals surface area (Å²) in [4.78, 5) is 4.45.